The van der Waals surface area contributed by atoms with Gasteiger partial charge in [-0.25, -0.2) is 4.79 Å². The molecule has 0 amide bonds. The topological polar surface area (TPSA) is 49.3 Å². The summed E-state index contributed by atoms with van der Waals surface area (Å²) >= 11 is 0. The van der Waals surface area contributed by atoms with Gasteiger partial charge in [0.25, 0.3) is 0 Å². The summed E-state index contributed by atoms with van der Waals surface area (Å²) in [5, 5.41) is 12.1. The highest BCUT2D eigenvalue weighted by molar-refractivity contribution is 5.94. The molecule has 3 heteroatoms. The number of benzene rings is 1. The molecule has 0 aliphatic heterocycles. The first kappa shape index (κ1) is 12.1. The number of nitrogens with one attached hydrogen (secondary N) is 1. The Hall–Kier alpha value is -1.95. The molecule has 84 valence electrons. The van der Waals surface area contributed by atoms with Crippen LogP contribution in [0.4, 0.5) is 5.69 Å². The van der Waals surface area contributed by atoms with Crippen LogP contribution in [0, 0.1) is 19.3 Å². The molecule has 0 aliphatic carbocycles. The van der Waals surface area contributed by atoms with Crippen molar-refractivity contribution >= 4 is 11.7 Å². The number of hydrogen-bond donors (Lipinski definition) is 2. The highest BCUT2D eigenvalue weighted by atomic mass is 16.4. The highest BCUT2D eigenvalue weighted by Crippen LogP contribution is 2.19. The Kier molecular flexibility index (Phi) is 3.96. The van der Waals surface area contributed by atoms with Crippen LogP contribution in [-0.2, 0) is 0 Å². The summed E-state index contributed by atoms with van der Waals surface area (Å²) in [5.74, 6) is 1.61. The van der Waals surface area contributed by atoms with Gasteiger partial charge in [-0.2, -0.15) is 0 Å². The predicted octanol–water partition coefficient (Wildman–Crippen LogP) is 2.52. The Morgan fingerprint density at radius 1 is 1.62 bits per heavy atom. The molecule has 0 heterocycles. The molecule has 0 spiro atoms. The first-order valence-corrected chi connectivity index (χ1v) is 5.08. The number of hydrogen-bond acceptors (Lipinski definition) is 2. The zero-order chi connectivity index (χ0) is 12.1. The molecule has 1 atom stereocenters. The van der Waals surface area contributed by atoms with E-state index in [4.69, 9.17) is 11.5 Å². The van der Waals surface area contributed by atoms with Crippen molar-refractivity contribution in [2.45, 2.75) is 26.3 Å². The largest absolute Gasteiger partial charge is 0.478 e. The van der Waals surface area contributed by atoms with Gasteiger partial charge in [0.15, 0.2) is 0 Å². The van der Waals surface area contributed by atoms with E-state index in [0.717, 1.165) is 5.56 Å². The summed E-state index contributed by atoms with van der Waals surface area (Å²) in [4.78, 5) is 11.0. The predicted molar refractivity (Wildman–Crippen MR) is 64.7 cm³/mol. The van der Waals surface area contributed by atoms with E-state index in [0.29, 0.717) is 12.1 Å². The lowest BCUT2D eigenvalue weighted by Crippen LogP contribution is -2.16. The standard InChI is InChI=1S/C13H15NO2/c1-4-5-10(3)14-12-8-9(2)6-7-11(12)13(15)16/h1,6-8,10,14H,5H2,2-3H3,(H,15,16). The smallest absolute Gasteiger partial charge is 0.337 e. The normalized spacial score (nSPS) is 11.6. The Morgan fingerprint density at radius 3 is 2.88 bits per heavy atom. The second-order valence-electron chi connectivity index (χ2n) is 3.81. The van der Waals surface area contributed by atoms with Crippen molar-refractivity contribution in [2.75, 3.05) is 5.32 Å². The third-order valence-electron chi connectivity index (χ3n) is 2.23. The molecule has 0 fully saturated rings. The van der Waals surface area contributed by atoms with E-state index in [-0.39, 0.29) is 11.6 Å². The molecule has 1 aromatic rings. The molecule has 1 unspecified atom stereocenters. The van der Waals surface area contributed by atoms with E-state index in [1.807, 2.05) is 19.9 Å². The fourth-order valence-corrected chi connectivity index (χ4v) is 1.46. The second-order valence-corrected chi connectivity index (χ2v) is 3.81. The van der Waals surface area contributed by atoms with Crippen LogP contribution in [0.5, 0.6) is 0 Å². The third kappa shape index (κ3) is 3.03. The molecule has 3 nitrogen and oxygen atoms in total. The average molecular weight is 217 g/mol. The maximum absolute atomic E-state index is 11.0. The summed E-state index contributed by atoms with van der Waals surface area (Å²) < 4.78 is 0. The summed E-state index contributed by atoms with van der Waals surface area (Å²) in [6, 6.07) is 5.25. The Labute approximate surface area is 95.5 Å². The lowest BCUT2D eigenvalue weighted by molar-refractivity contribution is 0.0698. The minimum absolute atomic E-state index is 0.0601. The van der Waals surface area contributed by atoms with Crippen molar-refractivity contribution in [2.24, 2.45) is 0 Å². The molecule has 0 bridgehead atoms. The monoisotopic (exact) mass is 217 g/mol. The van der Waals surface area contributed by atoms with Crippen molar-refractivity contribution in [1.29, 1.82) is 0 Å². The Balaban J connectivity index is 2.97. The van der Waals surface area contributed by atoms with Gasteiger partial charge in [-0.15, -0.1) is 12.3 Å². The second kappa shape index (κ2) is 5.22. The van der Waals surface area contributed by atoms with E-state index in [2.05, 4.69) is 11.2 Å². The van der Waals surface area contributed by atoms with Crippen LogP contribution in [-0.4, -0.2) is 17.1 Å². The molecule has 1 rings (SSSR count). The molecule has 1 aromatic carbocycles. The molecule has 0 saturated heterocycles. The maximum atomic E-state index is 11.0. The van der Waals surface area contributed by atoms with Crippen LogP contribution in [0.15, 0.2) is 18.2 Å². The lowest BCUT2D eigenvalue weighted by Gasteiger charge is -2.15. The van der Waals surface area contributed by atoms with Crippen molar-refractivity contribution in [3.05, 3.63) is 29.3 Å². The molecule has 2 N–H and O–H groups in total. The highest BCUT2D eigenvalue weighted by Gasteiger charge is 2.11. The van der Waals surface area contributed by atoms with Crippen LogP contribution in [0.25, 0.3) is 0 Å². The average Bonchev–Trinajstić information content (AvgIpc) is 2.17. The first-order valence-electron chi connectivity index (χ1n) is 5.08. The number of rotatable bonds is 4. The fraction of sp³-hybridized carbons (Fsp3) is 0.308. The van der Waals surface area contributed by atoms with Gasteiger partial charge in [0.2, 0.25) is 0 Å². The quantitative estimate of drug-likeness (QED) is 0.762. The Morgan fingerprint density at radius 2 is 2.31 bits per heavy atom. The number of carbonyl (C=O) groups is 1. The molecular formula is C13H15NO2. The van der Waals surface area contributed by atoms with Crippen molar-refractivity contribution in [3.63, 3.8) is 0 Å². The van der Waals surface area contributed by atoms with Crippen molar-refractivity contribution in [3.8, 4) is 12.3 Å². The van der Waals surface area contributed by atoms with Crippen LogP contribution in [0.1, 0.15) is 29.3 Å². The van der Waals surface area contributed by atoms with Gasteiger partial charge in [-0.1, -0.05) is 6.07 Å². The van der Waals surface area contributed by atoms with E-state index >= 15 is 0 Å². The molecule has 0 aromatic heterocycles. The van der Waals surface area contributed by atoms with Crippen LogP contribution in [0.3, 0.4) is 0 Å². The molecular weight excluding hydrogens is 202 g/mol. The van der Waals surface area contributed by atoms with Gasteiger partial charge < -0.3 is 10.4 Å². The third-order valence-corrected chi connectivity index (χ3v) is 2.23. The van der Waals surface area contributed by atoms with Gasteiger partial charge in [0, 0.05) is 18.2 Å². The van der Waals surface area contributed by atoms with E-state index in [1.54, 1.807) is 12.1 Å². The Bertz CT molecular complexity index is 432. The number of anilines is 1. The number of aromatic carboxylic acids is 1. The summed E-state index contributed by atoms with van der Waals surface area (Å²) in [6.07, 6.45) is 5.77. The van der Waals surface area contributed by atoms with E-state index in [1.165, 1.54) is 0 Å². The van der Waals surface area contributed by atoms with E-state index < -0.39 is 5.97 Å². The summed E-state index contributed by atoms with van der Waals surface area (Å²) in [5.41, 5.74) is 1.91. The number of aryl methyl sites for hydroxylation is 1. The number of carboxylic acid groups (broad SMARTS) is 1. The SMILES string of the molecule is C#CCC(C)Nc1cc(C)ccc1C(=O)O. The summed E-state index contributed by atoms with van der Waals surface area (Å²) in [6.45, 7) is 3.84. The van der Waals surface area contributed by atoms with Gasteiger partial charge in [0.1, 0.15) is 0 Å². The fourth-order valence-electron chi connectivity index (χ4n) is 1.46. The summed E-state index contributed by atoms with van der Waals surface area (Å²) in [7, 11) is 0. The first-order chi connectivity index (χ1) is 7.54. The van der Waals surface area contributed by atoms with Crippen LogP contribution in [0.2, 0.25) is 0 Å². The van der Waals surface area contributed by atoms with Crippen molar-refractivity contribution < 1.29 is 9.90 Å². The minimum atomic E-state index is -0.935. The molecule has 0 radical (unpaired) electrons. The zero-order valence-corrected chi connectivity index (χ0v) is 9.45. The molecule has 16 heavy (non-hydrogen) atoms. The lowest BCUT2D eigenvalue weighted by atomic mass is 10.1. The van der Waals surface area contributed by atoms with Gasteiger partial charge in [-0.05, 0) is 31.5 Å². The zero-order valence-electron chi connectivity index (χ0n) is 9.45. The molecule has 0 saturated carbocycles. The van der Waals surface area contributed by atoms with Crippen LogP contribution >= 0.6 is 0 Å². The molecule has 0 aliphatic rings. The van der Waals surface area contributed by atoms with Gasteiger partial charge in [0.05, 0.1) is 5.56 Å². The van der Waals surface area contributed by atoms with Gasteiger partial charge >= 0.3 is 5.97 Å². The minimum Gasteiger partial charge on any atom is -0.478 e. The maximum Gasteiger partial charge on any atom is 0.337 e. The van der Waals surface area contributed by atoms with Crippen LogP contribution < -0.4 is 5.32 Å². The number of terminal acetylenes is 1. The van der Waals surface area contributed by atoms with Crippen molar-refractivity contribution in [1.82, 2.24) is 0 Å². The number of carboxylic acids is 1. The van der Waals surface area contributed by atoms with E-state index in [9.17, 15) is 4.79 Å². The van der Waals surface area contributed by atoms with Gasteiger partial charge in [-0.3, -0.25) is 0 Å².